The number of carbonyl (C=O) groups excluding carboxylic acids is 1. The van der Waals surface area contributed by atoms with Crippen molar-refractivity contribution in [3.8, 4) is 5.75 Å². The first-order valence-corrected chi connectivity index (χ1v) is 13.2. The maximum atomic E-state index is 12.5. The summed E-state index contributed by atoms with van der Waals surface area (Å²) in [6.07, 6.45) is 6.62. The van der Waals surface area contributed by atoms with Crippen molar-refractivity contribution in [2.75, 3.05) is 33.0 Å². The molecule has 0 unspecified atom stereocenters. The van der Waals surface area contributed by atoms with Crippen LogP contribution in [0, 0.1) is 0 Å². The number of sulfonamides is 1. The minimum Gasteiger partial charge on any atom is -0.486 e. The summed E-state index contributed by atoms with van der Waals surface area (Å²) < 4.78 is 44.8. The van der Waals surface area contributed by atoms with Crippen molar-refractivity contribution >= 4 is 16.3 Å². The van der Waals surface area contributed by atoms with Gasteiger partial charge in [0.05, 0.1) is 25.9 Å². The molecular weight excluding hydrogens is 432 g/mol. The molecule has 3 fully saturated rings. The summed E-state index contributed by atoms with van der Waals surface area (Å²) in [5.41, 5.74) is 1.16. The van der Waals surface area contributed by atoms with Crippen LogP contribution in [0.1, 0.15) is 50.0 Å². The van der Waals surface area contributed by atoms with Crippen LogP contribution in [0.25, 0.3) is 0 Å². The molecule has 1 aromatic rings. The van der Waals surface area contributed by atoms with Gasteiger partial charge in [-0.3, -0.25) is 4.79 Å². The maximum Gasteiger partial charge on any atom is 0.219 e. The summed E-state index contributed by atoms with van der Waals surface area (Å²) in [6, 6.07) is 7.78. The van der Waals surface area contributed by atoms with Crippen molar-refractivity contribution in [3.63, 3.8) is 0 Å². The molecule has 2 N–H and O–H groups in total. The third-order valence-corrected chi connectivity index (χ3v) is 8.58. The number of nitrogens with one attached hydrogen (secondary N) is 2. The van der Waals surface area contributed by atoms with E-state index in [0.717, 1.165) is 62.7 Å². The first kappa shape index (κ1) is 23.6. The number of benzene rings is 1. The van der Waals surface area contributed by atoms with Crippen molar-refractivity contribution in [2.45, 2.75) is 67.9 Å². The number of piperidine rings is 1. The van der Waals surface area contributed by atoms with Crippen LogP contribution in [-0.2, 0) is 24.3 Å². The SMILES string of the molecule is O=CCOc1ccccc1C1CCC(OC[C@@H]2NCCC[C@@H]2NS(=O)(=O)C2COC2)CC1. The van der Waals surface area contributed by atoms with Crippen LogP contribution in [0.3, 0.4) is 0 Å². The van der Waals surface area contributed by atoms with E-state index in [1.54, 1.807) is 0 Å². The molecule has 4 rings (SSSR count). The lowest BCUT2D eigenvalue weighted by atomic mass is 9.82. The van der Waals surface area contributed by atoms with Gasteiger partial charge in [-0.25, -0.2) is 13.1 Å². The lowest BCUT2D eigenvalue weighted by molar-refractivity contribution is -0.109. The lowest BCUT2D eigenvalue weighted by Gasteiger charge is -2.37. The van der Waals surface area contributed by atoms with Crippen LogP contribution in [0.4, 0.5) is 0 Å². The van der Waals surface area contributed by atoms with E-state index < -0.39 is 15.3 Å². The fraction of sp³-hybridized carbons (Fsp3) is 0.696. The zero-order valence-electron chi connectivity index (χ0n) is 18.4. The highest BCUT2D eigenvalue weighted by atomic mass is 32.2. The van der Waals surface area contributed by atoms with E-state index >= 15 is 0 Å². The number of hydrogen-bond acceptors (Lipinski definition) is 7. The summed E-state index contributed by atoms with van der Waals surface area (Å²) in [5.74, 6) is 1.19. The van der Waals surface area contributed by atoms with E-state index in [4.69, 9.17) is 14.2 Å². The summed E-state index contributed by atoms with van der Waals surface area (Å²) in [4.78, 5) is 10.7. The Bertz CT molecular complexity index is 852. The van der Waals surface area contributed by atoms with Crippen LogP contribution in [0.2, 0.25) is 0 Å². The van der Waals surface area contributed by atoms with Crippen LogP contribution >= 0.6 is 0 Å². The molecule has 9 heteroatoms. The van der Waals surface area contributed by atoms with Crippen molar-refractivity contribution in [3.05, 3.63) is 29.8 Å². The molecule has 32 heavy (non-hydrogen) atoms. The van der Waals surface area contributed by atoms with E-state index in [-0.39, 0.29) is 38.0 Å². The normalized spacial score (nSPS) is 29.2. The second-order valence-electron chi connectivity index (χ2n) is 8.95. The van der Waals surface area contributed by atoms with Crippen molar-refractivity contribution < 1.29 is 27.4 Å². The molecule has 0 aromatic heterocycles. The fourth-order valence-electron chi connectivity index (χ4n) is 4.82. The number of hydrogen-bond donors (Lipinski definition) is 2. The third kappa shape index (κ3) is 5.88. The zero-order chi connectivity index (χ0) is 22.4. The Kier molecular flexibility index (Phi) is 8.17. The van der Waals surface area contributed by atoms with Gasteiger partial charge in [0.25, 0.3) is 0 Å². The van der Waals surface area contributed by atoms with E-state index in [1.165, 1.54) is 0 Å². The van der Waals surface area contributed by atoms with Crippen molar-refractivity contribution in [1.29, 1.82) is 0 Å². The Morgan fingerprint density at radius 3 is 2.62 bits per heavy atom. The molecule has 3 aliphatic rings. The summed E-state index contributed by atoms with van der Waals surface area (Å²) in [7, 11) is -3.35. The topological polar surface area (TPSA) is 103 Å². The molecule has 1 aromatic carbocycles. The highest BCUT2D eigenvalue weighted by Gasteiger charge is 2.37. The Morgan fingerprint density at radius 2 is 1.91 bits per heavy atom. The van der Waals surface area contributed by atoms with Gasteiger partial charge >= 0.3 is 0 Å². The highest BCUT2D eigenvalue weighted by Crippen LogP contribution is 2.38. The van der Waals surface area contributed by atoms with E-state index in [2.05, 4.69) is 16.1 Å². The molecule has 2 saturated heterocycles. The number of aldehydes is 1. The van der Waals surface area contributed by atoms with E-state index in [1.807, 2.05) is 18.2 Å². The Morgan fingerprint density at radius 1 is 1.12 bits per heavy atom. The molecule has 2 aliphatic heterocycles. The maximum absolute atomic E-state index is 12.5. The van der Waals surface area contributed by atoms with Gasteiger partial charge in [-0.05, 0) is 62.6 Å². The first-order valence-electron chi connectivity index (χ1n) is 11.7. The molecule has 2 heterocycles. The van der Waals surface area contributed by atoms with Crippen LogP contribution in [-0.4, -0.2) is 71.1 Å². The Labute approximate surface area is 190 Å². The molecular formula is C23H34N2O6S. The molecule has 0 radical (unpaired) electrons. The predicted octanol–water partition coefficient (Wildman–Crippen LogP) is 1.75. The van der Waals surface area contributed by atoms with Crippen LogP contribution in [0.5, 0.6) is 5.75 Å². The molecule has 0 spiro atoms. The van der Waals surface area contributed by atoms with Gasteiger partial charge in [0.2, 0.25) is 10.0 Å². The van der Waals surface area contributed by atoms with Gasteiger partial charge in [-0.1, -0.05) is 18.2 Å². The summed E-state index contributed by atoms with van der Waals surface area (Å²) in [6.45, 7) is 2.01. The largest absolute Gasteiger partial charge is 0.486 e. The predicted molar refractivity (Wildman–Crippen MR) is 120 cm³/mol. The molecule has 1 aliphatic carbocycles. The number of ether oxygens (including phenoxy) is 3. The van der Waals surface area contributed by atoms with Crippen LogP contribution in [0.15, 0.2) is 24.3 Å². The number of carbonyl (C=O) groups is 1. The second-order valence-corrected chi connectivity index (χ2v) is 10.9. The van der Waals surface area contributed by atoms with Gasteiger partial charge in [-0.15, -0.1) is 0 Å². The molecule has 1 saturated carbocycles. The third-order valence-electron chi connectivity index (χ3n) is 6.80. The average molecular weight is 467 g/mol. The minimum atomic E-state index is -3.35. The van der Waals surface area contributed by atoms with Gasteiger partial charge in [0.15, 0.2) is 6.29 Å². The molecule has 2 atom stereocenters. The van der Waals surface area contributed by atoms with Gasteiger partial charge in [0.1, 0.15) is 17.6 Å². The van der Waals surface area contributed by atoms with Crippen molar-refractivity contribution in [1.82, 2.24) is 10.0 Å². The Hall–Kier alpha value is -1.52. The van der Waals surface area contributed by atoms with E-state index in [0.29, 0.717) is 12.5 Å². The number of para-hydroxylation sites is 1. The van der Waals surface area contributed by atoms with Gasteiger partial charge in [0, 0.05) is 12.1 Å². The zero-order valence-corrected chi connectivity index (χ0v) is 19.2. The standard InChI is InChI=1S/C23H34N2O6S/c26-12-13-30-23-6-2-1-4-20(23)17-7-9-18(10-8-17)31-16-22-21(5-3-11-24-22)25-32(27,28)19-14-29-15-19/h1-2,4,6,12,17-19,21-22,24-25H,3,5,7-11,13-16H2/t17?,18?,21-,22-/m0/s1. The van der Waals surface area contributed by atoms with Crippen molar-refractivity contribution in [2.24, 2.45) is 0 Å². The summed E-state index contributed by atoms with van der Waals surface area (Å²) >= 11 is 0. The lowest BCUT2D eigenvalue weighted by Crippen LogP contribution is -2.59. The highest BCUT2D eigenvalue weighted by molar-refractivity contribution is 7.90. The molecule has 0 amide bonds. The first-order chi connectivity index (χ1) is 15.6. The minimum absolute atomic E-state index is 0.0188. The smallest absolute Gasteiger partial charge is 0.219 e. The van der Waals surface area contributed by atoms with Crippen LogP contribution < -0.4 is 14.8 Å². The molecule has 0 bridgehead atoms. The second kappa shape index (κ2) is 11.1. The fourth-order valence-corrected chi connectivity index (χ4v) is 6.27. The quantitative estimate of drug-likeness (QED) is 0.507. The summed E-state index contributed by atoms with van der Waals surface area (Å²) in [5, 5.41) is 3.01. The average Bonchev–Trinajstić information content (AvgIpc) is 2.76. The van der Waals surface area contributed by atoms with Gasteiger partial charge in [-0.2, -0.15) is 0 Å². The monoisotopic (exact) mass is 466 g/mol. The molecule has 178 valence electrons. The Balaban J connectivity index is 1.26. The van der Waals surface area contributed by atoms with Gasteiger partial charge < -0.3 is 19.5 Å². The molecule has 8 nitrogen and oxygen atoms in total. The number of rotatable bonds is 10. The van der Waals surface area contributed by atoms with E-state index in [9.17, 15) is 13.2 Å².